The van der Waals surface area contributed by atoms with Gasteiger partial charge in [-0.15, -0.1) is 11.8 Å². The summed E-state index contributed by atoms with van der Waals surface area (Å²) in [4.78, 5) is 4.71. The molecule has 19 heavy (non-hydrogen) atoms. The highest BCUT2D eigenvalue weighted by Crippen LogP contribution is 2.31. The van der Waals surface area contributed by atoms with Crippen LogP contribution in [-0.2, 0) is 0 Å². The Kier molecular flexibility index (Phi) is 3.17. The molecule has 2 heterocycles. The molecule has 0 saturated heterocycles. The summed E-state index contributed by atoms with van der Waals surface area (Å²) < 4.78 is 7.31. The zero-order valence-electron chi connectivity index (χ0n) is 10.8. The quantitative estimate of drug-likeness (QED) is 0.678. The number of thioether (sulfide) groups is 1. The summed E-state index contributed by atoms with van der Waals surface area (Å²) in [6.45, 7) is 0. The molecule has 3 nitrogen and oxygen atoms in total. The first kappa shape index (κ1) is 12.1. The van der Waals surface area contributed by atoms with Gasteiger partial charge in [0.1, 0.15) is 22.1 Å². The molecule has 3 rings (SSSR count). The van der Waals surface area contributed by atoms with Gasteiger partial charge in [0.05, 0.1) is 7.11 Å². The van der Waals surface area contributed by atoms with Crippen LogP contribution in [0.1, 0.15) is 0 Å². The van der Waals surface area contributed by atoms with Gasteiger partial charge in [-0.05, 0) is 42.7 Å². The third kappa shape index (κ3) is 2.08. The second-order valence-corrected chi connectivity index (χ2v) is 4.92. The minimum atomic E-state index is 0.859. The number of benzene rings is 1. The summed E-state index contributed by atoms with van der Waals surface area (Å²) in [5, 5.41) is 1.15. The Morgan fingerprint density at radius 1 is 1.11 bits per heavy atom. The van der Waals surface area contributed by atoms with E-state index < -0.39 is 0 Å². The van der Waals surface area contributed by atoms with Gasteiger partial charge >= 0.3 is 0 Å². The van der Waals surface area contributed by atoms with Gasteiger partial charge in [-0.1, -0.05) is 6.07 Å². The molecule has 0 aliphatic heterocycles. The number of ether oxygens (including phenoxy) is 1. The Morgan fingerprint density at radius 3 is 2.58 bits per heavy atom. The molecule has 0 fully saturated rings. The minimum Gasteiger partial charge on any atom is -0.497 e. The van der Waals surface area contributed by atoms with E-state index in [1.54, 1.807) is 18.9 Å². The van der Waals surface area contributed by atoms with E-state index in [2.05, 4.69) is 10.7 Å². The van der Waals surface area contributed by atoms with Crippen molar-refractivity contribution in [3.05, 3.63) is 48.7 Å². The van der Waals surface area contributed by atoms with E-state index in [-0.39, 0.29) is 0 Å². The van der Waals surface area contributed by atoms with Crippen molar-refractivity contribution in [2.75, 3.05) is 13.4 Å². The van der Waals surface area contributed by atoms with Crippen LogP contribution in [0.25, 0.3) is 16.9 Å². The second kappa shape index (κ2) is 4.97. The summed E-state index contributed by atoms with van der Waals surface area (Å²) in [6, 6.07) is 14.1. The lowest BCUT2D eigenvalue weighted by Crippen LogP contribution is -1.86. The molecular weight excluding hydrogens is 256 g/mol. The van der Waals surface area contributed by atoms with Crippen LogP contribution in [0.4, 0.5) is 0 Å². The topological polar surface area (TPSA) is 26.5 Å². The van der Waals surface area contributed by atoms with E-state index in [1.807, 2.05) is 48.7 Å². The predicted octanol–water partition coefficient (Wildman–Crippen LogP) is 3.73. The van der Waals surface area contributed by atoms with Gasteiger partial charge in [-0.2, -0.15) is 0 Å². The summed E-state index contributed by atoms with van der Waals surface area (Å²) in [5.74, 6) is 0.859. The smallest absolute Gasteiger partial charge is 0.138 e. The summed E-state index contributed by atoms with van der Waals surface area (Å²) in [6.07, 6.45) is 4.12. The molecule has 96 valence electrons. The number of fused-ring (bicyclic) bond motifs is 1. The van der Waals surface area contributed by atoms with Crippen LogP contribution in [0.15, 0.2) is 53.7 Å². The Bertz CT molecular complexity index is 704. The lowest BCUT2D eigenvalue weighted by molar-refractivity contribution is 0.415. The number of pyridine rings is 1. The van der Waals surface area contributed by atoms with E-state index in [0.717, 1.165) is 27.7 Å². The summed E-state index contributed by atoms with van der Waals surface area (Å²) in [5.41, 5.74) is 3.09. The average Bonchev–Trinajstić information content (AvgIpc) is 2.85. The SMILES string of the molecule is COc1ccc(-c2nc3ccccn3c2SC)cc1. The molecule has 0 amide bonds. The van der Waals surface area contributed by atoms with E-state index in [4.69, 9.17) is 9.72 Å². The molecule has 0 aliphatic carbocycles. The number of imidazole rings is 1. The van der Waals surface area contributed by atoms with Crippen molar-refractivity contribution in [3.63, 3.8) is 0 Å². The first-order valence-electron chi connectivity index (χ1n) is 5.99. The van der Waals surface area contributed by atoms with Gasteiger partial charge < -0.3 is 4.74 Å². The molecule has 0 radical (unpaired) electrons. The number of hydrogen-bond donors (Lipinski definition) is 0. The molecule has 0 aliphatic rings. The van der Waals surface area contributed by atoms with E-state index in [1.165, 1.54) is 0 Å². The normalized spacial score (nSPS) is 10.8. The zero-order valence-corrected chi connectivity index (χ0v) is 11.6. The standard InChI is InChI=1S/C15H14N2OS/c1-18-12-8-6-11(7-9-12)14-15(19-2)17-10-4-3-5-13(17)16-14/h3-10H,1-2H3. The van der Waals surface area contributed by atoms with Crippen LogP contribution in [0, 0.1) is 0 Å². The second-order valence-electron chi connectivity index (χ2n) is 4.13. The Labute approximate surface area is 116 Å². The van der Waals surface area contributed by atoms with Crippen LogP contribution in [0.2, 0.25) is 0 Å². The molecule has 4 heteroatoms. The van der Waals surface area contributed by atoms with Crippen LogP contribution in [0.3, 0.4) is 0 Å². The number of rotatable bonds is 3. The molecule has 0 unspecified atom stereocenters. The fourth-order valence-corrected chi connectivity index (χ4v) is 2.81. The molecule has 0 saturated carbocycles. The van der Waals surface area contributed by atoms with Gasteiger partial charge in [0.25, 0.3) is 0 Å². The first-order valence-corrected chi connectivity index (χ1v) is 7.21. The van der Waals surface area contributed by atoms with E-state index >= 15 is 0 Å². The minimum absolute atomic E-state index is 0.859. The van der Waals surface area contributed by atoms with Crippen LogP contribution in [0.5, 0.6) is 5.75 Å². The predicted molar refractivity (Wildman–Crippen MR) is 79.0 cm³/mol. The Hall–Kier alpha value is -1.94. The van der Waals surface area contributed by atoms with E-state index in [0.29, 0.717) is 0 Å². The first-order chi connectivity index (χ1) is 9.33. The maximum atomic E-state index is 5.19. The highest BCUT2D eigenvalue weighted by molar-refractivity contribution is 7.98. The fraction of sp³-hybridized carbons (Fsp3) is 0.133. The maximum Gasteiger partial charge on any atom is 0.138 e. The lowest BCUT2D eigenvalue weighted by atomic mass is 10.1. The Balaban J connectivity index is 2.17. The monoisotopic (exact) mass is 270 g/mol. The van der Waals surface area contributed by atoms with Crippen molar-refractivity contribution in [2.45, 2.75) is 5.03 Å². The molecule has 2 aromatic heterocycles. The average molecular weight is 270 g/mol. The van der Waals surface area contributed by atoms with Gasteiger partial charge in [-0.25, -0.2) is 4.98 Å². The van der Waals surface area contributed by atoms with Crippen molar-refractivity contribution in [2.24, 2.45) is 0 Å². The third-order valence-electron chi connectivity index (χ3n) is 3.04. The van der Waals surface area contributed by atoms with Gasteiger partial charge in [-0.3, -0.25) is 4.40 Å². The molecule has 0 N–H and O–H groups in total. The van der Waals surface area contributed by atoms with Gasteiger partial charge in [0.2, 0.25) is 0 Å². The maximum absolute atomic E-state index is 5.19. The van der Waals surface area contributed by atoms with Crippen molar-refractivity contribution in [1.29, 1.82) is 0 Å². The van der Waals surface area contributed by atoms with Crippen molar-refractivity contribution in [3.8, 4) is 17.0 Å². The number of nitrogens with zero attached hydrogens (tertiary/aromatic N) is 2. The largest absolute Gasteiger partial charge is 0.497 e. The van der Waals surface area contributed by atoms with Gasteiger partial charge in [0, 0.05) is 11.8 Å². The Morgan fingerprint density at radius 2 is 1.89 bits per heavy atom. The number of hydrogen-bond acceptors (Lipinski definition) is 3. The zero-order chi connectivity index (χ0) is 13.2. The van der Waals surface area contributed by atoms with Crippen LogP contribution < -0.4 is 4.74 Å². The lowest BCUT2D eigenvalue weighted by Gasteiger charge is -2.03. The molecule has 3 aromatic rings. The summed E-state index contributed by atoms with van der Waals surface area (Å²) in [7, 11) is 1.67. The highest BCUT2D eigenvalue weighted by atomic mass is 32.2. The molecule has 1 aromatic carbocycles. The van der Waals surface area contributed by atoms with Gasteiger partial charge in [0.15, 0.2) is 0 Å². The molecular formula is C15H14N2OS. The van der Waals surface area contributed by atoms with Crippen molar-refractivity contribution >= 4 is 17.4 Å². The highest BCUT2D eigenvalue weighted by Gasteiger charge is 2.12. The summed E-state index contributed by atoms with van der Waals surface area (Å²) >= 11 is 1.71. The number of methoxy groups -OCH3 is 1. The van der Waals surface area contributed by atoms with Crippen LogP contribution in [-0.4, -0.2) is 22.8 Å². The number of aromatic nitrogens is 2. The molecule has 0 atom stereocenters. The third-order valence-corrected chi connectivity index (χ3v) is 3.82. The molecule has 0 bridgehead atoms. The van der Waals surface area contributed by atoms with Crippen molar-refractivity contribution in [1.82, 2.24) is 9.38 Å². The fourth-order valence-electron chi connectivity index (χ4n) is 2.11. The van der Waals surface area contributed by atoms with Crippen LogP contribution >= 0.6 is 11.8 Å². The van der Waals surface area contributed by atoms with E-state index in [9.17, 15) is 0 Å². The van der Waals surface area contributed by atoms with Crippen molar-refractivity contribution < 1.29 is 4.74 Å². The molecule has 0 spiro atoms.